The molecule has 0 bridgehead atoms. The van der Waals surface area contributed by atoms with Crippen LogP contribution in [-0.2, 0) is 11.3 Å². The van der Waals surface area contributed by atoms with Gasteiger partial charge in [-0.1, -0.05) is 24.3 Å². The van der Waals surface area contributed by atoms with Gasteiger partial charge in [0.15, 0.2) is 0 Å². The smallest absolute Gasteiger partial charge is 0.341 e. The van der Waals surface area contributed by atoms with E-state index in [1.54, 1.807) is 24.3 Å². The molecule has 0 saturated carbocycles. The van der Waals surface area contributed by atoms with Crippen molar-refractivity contribution in [3.63, 3.8) is 0 Å². The van der Waals surface area contributed by atoms with Gasteiger partial charge in [0, 0.05) is 17.6 Å². The molecule has 6 nitrogen and oxygen atoms in total. The van der Waals surface area contributed by atoms with Crippen molar-refractivity contribution in [3.05, 3.63) is 70.9 Å². The Morgan fingerprint density at radius 2 is 1.81 bits per heavy atom. The first-order valence-corrected chi connectivity index (χ1v) is 8.43. The fourth-order valence-corrected chi connectivity index (χ4v) is 2.91. The standard InChI is InChI=1S/C21H20N2O4/c1-13-10-16(15-6-4-5-7-18(15)23-13)20(24)22-12-14-8-9-19(26-2)17(11-14)21(25)27-3/h4-11H,12H2,1-3H3,(H,22,24). The third-order valence-electron chi connectivity index (χ3n) is 4.21. The molecule has 2 aromatic carbocycles. The molecule has 0 aliphatic carbocycles. The van der Waals surface area contributed by atoms with Crippen LogP contribution in [0.4, 0.5) is 0 Å². The maximum absolute atomic E-state index is 12.7. The molecular weight excluding hydrogens is 344 g/mol. The minimum absolute atomic E-state index is 0.202. The Bertz CT molecular complexity index is 1010. The third-order valence-corrected chi connectivity index (χ3v) is 4.21. The number of para-hydroxylation sites is 1. The van der Waals surface area contributed by atoms with Crippen LogP contribution in [0.25, 0.3) is 10.9 Å². The van der Waals surface area contributed by atoms with Crippen molar-refractivity contribution >= 4 is 22.8 Å². The number of fused-ring (bicyclic) bond motifs is 1. The monoisotopic (exact) mass is 364 g/mol. The van der Waals surface area contributed by atoms with E-state index in [-0.39, 0.29) is 12.5 Å². The maximum Gasteiger partial charge on any atom is 0.341 e. The molecule has 1 aromatic heterocycles. The summed E-state index contributed by atoms with van der Waals surface area (Å²) in [6, 6.07) is 14.4. The number of esters is 1. The van der Waals surface area contributed by atoms with E-state index in [1.807, 2.05) is 31.2 Å². The van der Waals surface area contributed by atoms with E-state index < -0.39 is 5.97 Å². The lowest BCUT2D eigenvalue weighted by atomic mass is 10.1. The number of carbonyl (C=O) groups is 2. The lowest BCUT2D eigenvalue weighted by Crippen LogP contribution is -2.23. The van der Waals surface area contributed by atoms with Gasteiger partial charge in [0.25, 0.3) is 5.91 Å². The predicted molar refractivity (Wildman–Crippen MR) is 102 cm³/mol. The van der Waals surface area contributed by atoms with Crippen molar-refractivity contribution < 1.29 is 19.1 Å². The summed E-state index contributed by atoms with van der Waals surface area (Å²) in [5.74, 6) is -0.268. The Morgan fingerprint density at radius 3 is 2.56 bits per heavy atom. The van der Waals surface area contributed by atoms with Crippen LogP contribution < -0.4 is 10.1 Å². The SMILES string of the molecule is COC(=O)c1cc(CNC(=O)c2cc(C)nc3ccccc23)ccc1OC. The van der Waals surface area contributed by atoms with Gasteiger partial charge in [0.05, 0.1) is 25.3 Å². The Morgan fingerprint density at radius 1 is 1.04 bits per heavy atom. The minimum atomic E-state index is -0.490. The van der Waals surface area contributed by atoms with E-state index in [1.165, 1.54) is 14.2 Å². The second-order valence-corrected chi connectivity index (χ2v) is 6.04. The summed E-state index contributed by atoms with van der Waals surface area (Å²) < 4.78 is 9.96. The van der Waals surface area contributed by atoms with Gasteiger partial charge in [0.2, 0.25) is 0 Å². The Labute approximate surface area is 157 Å². The van der Waals surface area contributed by atoms with E-state index in [9.17, 15) is 9.59 Å². The first-order chi connectivity index (χ1) is 13.0. The molecule has 6 heteroatoms. The number of ether oxygens (including phenoxy) is 2. The Hall–Kier alpha value is -3.41. The summed E-state index contributed by atoms with van der Waals surface area (Å²) in [6.45, 7) is 2.12. The zero-order valence-electron chi connectivity index (χ0n) is 15.4. The zero-order chi connectivity index (χ0) is 19.4. The number of hydrogen-bond acceptors (Lipinski definition) is 5. The number of rotatable bonds is 5. The van der Waals surface area contributed by atoms with Crippen LogP contribution in [0.2, 0.25) is 0 Å². The molecule has 1 amide bonds. The molecule has 1 N–H and O–H groups in total. The van der Waals surface area contributed by atoms with Crippen molar-refractivity contribution in [2.24, 2.45) is 0 Å². The average molecular weight is 364 g/mol. The number of carbonyl (C=O) groups excluding carboxylic acids is 2. The van der Waals surface area contributed by atoms with Crippen LogP contribution in [0.5, 0.6) is 5.75 Å². The van der Waals surface area contributed by atoms with E-state index >= 15 is 0 Å². The Kier molecular flexibility index (Phi) is 5.35. The van der Waals surface area contributed by atoms with Gasteiger partial charge in [-0.3, -0.25) is 9.78 Å². The van der Waals surface area contributed by atoms with E-state index in [2.05, 4.69) is 10.3 Å². The number of nitrogens with zero attached hydrogens (tertiary/aromatic N) is 1. The molecule has 27 heavy (non-hydrogen) atoms. The van der Waals surface area contributed by atoms with Crippen LogP contribution in [0, 0.1) is 6.92 Å². The maximum atomic E-state index is 12.7. The number of benzene rings is 2. The molecule has 0 saturated heterocycles. The summed E-state index contributed by atoms with van der Waals surface area (Å²) in [5, 5.41) is 3.69. The normalized spacial score (nSPS) is 10.5. The average Bonchev–Trinajstić information content (AvgIpc) is 2.70. The van der Waals surface area contributed by atoms with Gasteiger partial charge in [-0.05, 0) is 36.8 Å². The van der Waals surface area contributed by atoms with Crippen LogP contribution in [0.1, 0.15) is 32.0 Å². The zero-order valence-corrected chi connectivity index (χ0v) is 15.4. The van der Waals surface area contributed by atoms with Gasteiger partial charge in [-0.25, -0.2) is 4.79 Å². The van der Waals surface area contributed by atoms with Gasteiger partial charge >= 0.3 is 5.97 Å². The molecule has 0 spiro atoms. The van der Waals surface area contributed by atoms with Gasteiger partial charge in [-0.2, -0.15) is 0 Å². The second-order valence-electron chi connectivity index (χ2n) is 6.04. The quantitative estimate of drug-likeness (QED) is 0.703. The number of amides is 1. The topological polar surface area (TPSA) is 77.5 Å². The molecule has 138 valence electrons. The highest BCUT2D eigenvalue weighted by molar-refractivity contribution is 6.06. The summed E-state index contributed by atoms with van der Waals surface area (Å²) in [6.07, 6.45) is 0. The van der Waals surface area contributed by atoms with Crippen molar-refractivity contribution in [1.82, 2.24) is 10.3 Å². The van der Waals surface area contributed by atoms with Crippen LogP contribution in [0.15, 0.2) is 48.5 Å². The summed E-state index contributed by atoms with van der Waals surface area (Å²) in [7, 11) is 2.80. The molecule has 0 radical (unpaired) electrons. The first kappa shape index (κ1) is 18.4. The molecule has 0 fully saturated rings. The molecule has 0 unspecified atom stereocenters. The molecule has 3 aromatic rings. The van der Waals surface area contributed by atoms with Crippen LogP contribution >= 0.6 is 0 Å². The van der Waals surface area contributed by atoms with Crippen molar-refractivity contribution in [1.29, 1.82) is 0 Å². The fraction of sp³-hybridized carbons (Fsp3) is 0.190. The van der Waals surface area contributed by atoms with Crippen LogP contribution in [-0.4, -0.2) is 31.1 Å². The summed E-state index contributed by atoms with van der Waals surface area (Å²) in [4.78, 5) is 29.1. The number of pyridine rings is 1. The van der Waals surface area contributed by atoms with E-state index in [0.29, 0.717) is 16.9 Å². The number of hydrogen-bond donors (Lipinski definition) is 1. The number of aromatic nitrogens is 1. The van der Waals surface area contributed by atoms with E-state index in [0.717, 1.165) is 22.2 Å². The number of methoxy groups -OCH3 is 2. The first-order valence-electron chi connectivity index (χ1n) is 8.43. The molecule has 1 heterocycles. The van der Waals surface area contributed by atoms with Gasteiger partial charge < -0.3 is 14.8 Å². The highest BCUT2D eigenvalue weighted by atomic mass is 16.5. The lowest BCUT2D eigenvalue weighted by molar-refractivity contribution is 0.0597. The molecule has 0 aliphatic heterocycles. The third kappa shape index (κ3) is 3.89. The molecule has 0 aliphatic rings. The number of aryl methyl sites for hydroxylation is 1. The van der Waals surface area contributed by atoms with Crippen molar-refractivity contribution in [2.45, 2.75) is 13.5 Å². The van der Waals surface area contributed by atoms with Crippen molar-refractivity contribution in [2.75, 3.05) is 14.2 Å². The molecular formula is C21H20N2O4. The second kappa shape index (κ2) is 7.86. The minimum Gasteiger partial charge on any atom is -0.496 e. The number of nitrogens with one attached hydrogen (secondary N) is 1. The summed E-state index contributed by atoms with van der Waals surface area (Å²) >= 11 is 0. The largest absolute Gasteiger partial charge is 0.496 e. The predicted octanol–water partition coefficient (Wildman–Crippen LogP) is 3.27. The Balaban J connectivity index is 1.83. The molecule has 0 atom stereocenters. The van der Waals surface area contributed by atoms with E-state index in [4.69, 9.17) is 9.47 Å². The van der Waals surface area contributed by atoms with Crippen molar-refractivity contribution in [3.8, 4) is 5.75 Å². The van der Waals surface area contributed by atoms with Gasteiger partial charge in [0.1, 0.15) is 11.3 Å². The fourth-order valence-electron chi connectivity index (χ4n) is 2.91. The van der Waals surface area contributed by atoms with Crippen LogP contribution in [0.3, 0.4) is 0 Å². The highest BCUT2D eigenvalue weighted by Gasteiger charge is 2.15. The van der Waals surface area contributed by atoms with Gasteiger partial charge in [-0.15, -0.1) is 0 Å². The molecule has 3 rings (SSSR count). The lowest BCUT2D eigenvalue weighted by Gasteiger charge is -2.11. The highest BCUT2D eigenvalue weighted by Crippen LogP contribution is 2.21. The summed E-state index contributed by atoms with van der Waals surface area (Å²) in [5.41, 5.74) is 3.20.